The second-order valence-electron chi connectivity index (χ2n) is 4.78. The number of nitrogens with two attached hydrogens (primary N) is 1. The van der Waals surface area contributed by atoms with Gasteiger partial charge in [-0.05, 0) is 38.5 Å². The number of amides is 1. The zero-order valence-corrected chi connectivity index (χ0v) is 10.7. The van der Waals surface area contributed by atoms with Crippen molar-refractivity contribution >= 4 is 17.6 Å². The molecule has 0 saturated heterocycles. The molecule has 0 aromatic heterocycles. The lowest BCUT2D eigenvalue weighted by molar-refractivity contribution is -0.142. The molecule has 5 nitrogen and oxygen atoms in total. The van der Waals surface area contributed by atoms with Gasteiger partial charge in [-0.1, -0.05) is 12.1 Å². The molecule has 0 saturated carbocycles. The summed E-state index contributed by atoms with van der Waals surface area (Å²) in [7, 11) is 0. The summed E-state index contributed by atoms with van der Waals surface area (Å²) in [4.78, 5) is 22.8. The molecule has 1 aromatic carbocycles. The largest absolute Gasteiger partial charge is 0.480 e. The lowest BCUT2D eigenvalue weighted by Gasteiger charge is -2.25. The van der Waals surface area contributed by atoms with E-state index in [1.165, 1.54) is 6.92 Å². The summed E-state index contributed by atoms with van der Waals surface area (Å²) in [5.41, 5.74) is 6.18. The van der Waals surface area contributed by atoms with Crippen molar-refractivity contribution < 1.29 is 14.7 Å². The van der Waals surface area contributed by atoms with E-state index in [4.69, 9.17) is 10.8 Å². The summed E-state index contributed by atoms with van der Waals surface area (Å²) in [6.45, 7) is 4.91. The van der Waals surface area contributed by atoms with Gasteiger partial charge in [0.1, 0.15) is 6.04 Å². The van der Waals surface area contributed by atoms with Crippen LogP contribution < -0.4 is 11.1 Å². The third kappa shape index (κ3) is 3.00. The number of anilines is 1. The van der Waals surface area contributed by atoms with Gasteiger partial charge >= 0.3 is 5.97 Å². The number of benzene rings is 1. The molecule has 0 fully saturated rings. The van der Waals surface area contributed by atoms with Gasteiger partial charge in [0.05, 0.1) is 5.41 Å². The van der Waals surface area contributed by atoms with E-state index in [2.05, 4.69) is 5.32 Å². The van der Waals surface area contributed by atoms with Crippen molar-refractivity contribution in [2.45, 2.75) is 32.2 Å². The minimum atomic E-state index is -1.06. The first kappa shape index (κ1) is 14.0. The first-order valence-electron chi connectivity index (χ1n) is 5.65. The summed E-state index contributed by atoms with van der Waals surface area (Å²) < 4.78 is 0. The Bertz CT molecular complexity index is 452. The molecule has 0 heterocycles. The van der Waals surface area contributed by atoms with Crippen molar-refractivity contribution in [3.8, 4) is 0 Å². The molecule has 1 rings (SSSR count). The van der Waals surface area contributed by atoms with Crippen LogP contribution >= 0.6 is 0 Å². The maximum atomic E-state index is 12.1. The molecule has 98 valence electrons. The van der Waals surface area contributed by atoms with E-state index in [1.54, 1.807) is 38.1 Å². The topological polar surface area (TPSA) is 92.4 Å². The minimum absolute atomic E-state index is 0.331. The molecule has 1 atom stereocenters. The van der Waals surface area contributed by atoms with Crippen molar-refractivity contribution in [2.24, 2.45) is 0 Å². The third-order valence-electron chi connectivity index (χ3n) is 2.92. The highest BCUT2D eigenvalue weighted by Crippen LogP contribution is 2.24. The predicted molar refractivity (Wildman–Crippen MR) is 69.1 cm³/mol. The number of carboxylic acids is 1. The van der Waals surface area contributed by atoms with Crippen LogP contribution in [0.15, 0.2) is 24.3 Å². The van der Waals surface area contributed by atoms with Crippen LogP contribution in [0.2, 0.25) is 0 Å². The second kappa shape index (κ2) is 5.08. The number of hydrogen-bond acceptors (Lipinski definition) is 3. The van der Waals surface area contributed by atoms with Crippen molar-refractivity contribution in [2.75, 3.05) is 5.73 Å². The first-order chi connectivity index (χ1) is 8.25. The van der Waals surface area contributed by atoms with Crippen molar-refractivity contribution in [3.63, 3.8) is 0 Å². The van der Waals surface area contributed by atoms with E-state index in [9.17, 15) is 9.59 Å². The molecular weight excluding hydrogens is 232 g/mol. The van der Waals surface area contributed by atoms with Gasteiger partial charge in [-0.25, -0.2) is 0 Å². The van der Waals surface area contributed by atoms with Crippen LogP contribution in [0.5, 0.6) is 0 Å². The van der Waals surface area contributed by atoms with Gasteiger partial charge in [0.15, 0.2) is 0 Å². The number of carboxylic acid groups (broad SMARTS) is 1. The fourth-order valence-electron chi connectivity index (χ4n) is 1.47. The number of carbonyl (C=O) groups is 2. The number of carbonyl (C=O) groups excluding carboxylic acids is 1. The summed E-state index contributed by atoms with van der Waals surface area (Å²) in [5, 5.41) is 11.2. The molecular formula is C13H18N2O3. The van der Waals surface area contributed by atoms with E-state index in [-0.39, 0.29) is 5.91 Å². The van der Waals surface area contributed by atoms with Gasteiger partial charge in [0.25, 0.3) is 0 Å². The smallest absolute Gasteiger partial charge is 0.325 e. The van der Waals surface area contributed by atoms with Crippen LogP contribution in [0.4, 0.5) is 5.69 Å². The highest BCUT2D eigenvalue weighted by molar-refractivity contribution is 5.90. The van der Waals surface area contributed by atoms with Gasteiger partial charge in [0, 0.05) is 5.69 Å². The third-order valence-corrected chi connectivity index (χ3v) is 2.92. The van der Waals surface area contributed by atoms with E-state index in [0.29, 0.717) is 5.69 Å². The summed E-state index contributed by atoms with van der Waals surface area (Å²) >= 11 is 0. The molecule has 0 aliphatic carbocycles. The Morgan fingerprint density at radius 2 is 1.78 bits per heavy atom. The van der Waals surface area contributed by atoms with Crippen molar-refractivity contribution in [3.05, 3.63) is 29.8 Å². The molecule has 0 bridgehead atoms. The first-order valence-corrected chi connectivity index (χ1v) is 5.65. The minimum Gasteiger partial charge on any atom is -0.480 e. The second-order valence-corrected chi connectivity index (χ2v) is 4.78. The molecule has 0 aliphatic heterocycles. The van der Waals surface area contributed by atoms with Gasteiger partial charge in [0.2, 0.25) is 5.91 Å². The van der Waals surface area contributed by atoms with E-state index < -0.39 is 17.4 Å². The molecule has 0 aliphatic rings. The van der Waals surface area contributed by atoms with Crippen LogP contribution in [0, 0.1) is 0 Å². The SMILES string of the molecule is CC(NC(=O)C(C)(C)c1ccc(N)cc1)C(=O)O. The number of nitrogen functional groups attached to an aromatic ring is 1. The Morgan fingerprint density at radius 3 is 2.22 bits per heavy atom. The normalized spacial score (nSPS) is 12.8. The predicted octanol–water partition coefficient (Wildman–Crippen LogP) is 1.14. The van der Waals surface area contributed by atoms with Crippen LogP contribution in [0.1, 0.15) is 26.3 Å². The molecule has 0 spiro atoms. The molecule has 18 heavy (non-hydrogen) atoms. The average molecular weight is 250 g/mol. The summed E-state index contributed by atoms with van der Waals surface area (Å²) in [5.74, 6) is -1.39. The molecule has 1 amide bonds. The maximum absolute atomic E-state index is 12.1. The highest BCUT2D eigenvalue weighted by Gasteiger charge is 2.31. The Labute approximate surface area is 106 Å². The summed E-state index contributed by atoms with van der Waals surface area (Å²) in [6, 6.07) is 6.04. The Balaban J connectivity index is 2.89. The Morgan fingerprint density at radius 1 is 1.28 bits per heavy atom. The number of aliphatic carboxylic acids is 1. The van der Waals surface area contributed by atoms with Crippen LogP contribution in [-0.2, 0) is 15.0 Å². The van der Waals surface area contributed by atoms with Crippen molar-refractivity contribution in [1.29, 1.82) is 0 Å². The fourth-order valence-corrected chi connectivity index (χ4v) is 1.47. The molecule has 4 N–H and O–H groups in total. The zero-order chi connectivity index (χ0) is 13.9. The average Bonchev–Trinajstić information content (AvgIpc) is 2.29. The fraction of sp³-hybridized carbons (Fsp3) is 0.385. The van der Waals surface area contributed by atoms with Gasteiger partial charge in [-0.3, -0.25) is 9.59 Å². The van der Waals surface area contributed by atoms with Gasteiger partial charge in [-0.2, -0.15) is 0 Å². The van der Waals surface area contributed by atoms with Crippen LogP contribution in [-0.4, -0.2) is 23.0 Å². The quantitative estimate of drug-likeness (QED) is 0.698. The molecule has 0 radical (unpaired) electrons. The van der Waals surface area contributed by atoms with Crippen LogP contribution in [0.25, 0.3) is 0 Å². The number of nitrogens with one attached hydrogen (secondary N) is 1. The Kier molecular flexibility index (Phi) is 3.96. The highest BCUT2D eigenvalue weighted by atomic mass is 16.4. The molecule has 5 heteroatoms. The maximum Gasteiger partial charge on any atom is 0.325 e. The Hall–Kier alpha value is -2.04. The lowest BCUT2D eigenvalue weighted by atomic mass is 9.83. The molecule has 1 aromatic rings. The van der Waals surface area contributed by atoms with Crippen LogP contribution in [0.3, 0.4) is 0 Å². The standard InChI is InChI=1S/C13H18N2O3/c1-8(11(16)17)15-12(18)13(2,3)9-4-6-10(14)7-5-9/h4-8H,14H2,1-3H3,(H,15,18)(H,16,17). The van der Waals surface area contributed by atoms with Gasteiger partial charge in [-0.15, -0.1) is 0 Å². The number of rotatable bonds is 4. The van der Waals surface area contributed by atoms with Gasteiger partial charge < -0.3 is 16.2 Å². The lowest BCUT2D eigenvalue weighted by Crippen LogP contribution is -2.46. The summed E-state index contributed by atoms with van der Waals surface area (Å²) in [6.07, 6.45) is 0. The van der Waals surface area contributed by atoms with E-state index >= 15 is 0 Å². The van der Waals surface area contributed by atoms with Crippen molar-refractivity contribution in [1.82, 2.24) is 5.32 Å². The molecule has 1 unspecified atom stereocenters. The zero-order valence-electron chi connectivity index (χ0n) is 10.7. The number of hydrogen-bond donors (Lipinski definition) is 3. The monoisotopic (exact) mass is 250 g/mol. The van der Waals surface area contributed by atoms with E-state index in [1.807, 2.05) is 0 Å². The van der Waals surface area contributed by atoms with E-state index in [0.717, 1.165) is 5.56 Å².